The average Bonchev–Trinajstić information content (AvgIpc) is 0.894. The highest BCUT2D eigenvalue weighted by atomic mass is 16.5. The Kier molecular flexibility index (Phi) is 65.2. The first kappa shape index (κ1) is 108. The molecular weight excluding hydrogens is 1580 g/mol. The monoisotopic (exact) mass is 1710 g/mol. The second-order valence-electron chi connectivity index (χ2n) is 29.6. The zero-order valence-electron chi connectivity index (χ0n) is 71.4. The molecular formula is C87H138N6O28. The predicted octanol–water partition coefficient (Wildman–Crippen LogP) is 8.35. The average molecular weight is 1720 g/mol. The first-order valence-corrected chi connectivity index (χ1v) is 43.1. The van der Waals surface area contributed by atoms with Crippen LogP contribution in [0.2, 0.25) is 0 Å². The number of aromatic carboxylic acids is 2. The third kappa shape index (κ3) is 62.1. The molecule has 0 aliphatic heterocycles. The molecule has 5 amide bonds. The van der Waals surface area contributed by atoms with Gasteiger partial charge in [0.2, 0.25) is 29.5 Å². The number of ether oxygens (including phenoxy) is 10. The van der Waals surface area contributed by atoms with Gasteiger partial charge < -0.3 is 99.7 Å². The van der Waals surface area contributed by atoms with Crippen LogP contribution in [0.3, 0.4) is 0 Å². The zero-order chi connectivity index (χ0) is 88.6. The maximum atomic E-state index is 13.1. The van der Waals surface area contributed by atoms with Crippen LogP contribution in [0, 0.1) is 11.8 Å². The van der Waals surface area contributed by atoms with Crippen LogP contribution >= 0.6 is 0 Å². The highest BCUT2D eigenvalue weighted by molar-refractivity contribution is 5.89. The third-order valence-corrected chi connectivity index (χ3v) is 19.4. The van der Waals surface area contributed by atoms with E-state index in [9.17, 15) is 77.3 Å². The number of ketones is 5. The van der Waals surface area contributed by atoms with Crippen molar-refractivity contribution in [3.8, 4) is 11.5 Å². The van der Waals surface area contributed by atoms with Gasteiger partial charge in [0.05, 0.1) is 109 Å². The topological polar surface area (TPSA) is 484 Å². The fraction of sp³-hybridized carbons (Fsp3) is 0.701. The molecule has 2 aromatic carbocycles. The Morgan fingerprint density at radius 1 is 0.322 bits per heavy atom. The number of amides is 5. The van der Waals surface area contributed by atoms with Crippen molar-refractivity contribution in [2.24, 2.45) is 11.8 Å². The Labute approximate surface area is 712 Å². The van der Waals surface area contributed by atoms with Crippen LogP contribution in [-0.2, 0) is 95.4 Å². The highest BCUT2D eigenvalue weighted by Gasteiger charge is 2.25. The van der Waals surface area contributed by atoms with E-state index < -0.39 is 41.9 Å². The van der Waals surface area contributed by atoms with Crippen LogP contribution in [0.1, 0.15) is 240 Å². The summed E-state index contributed by atoms with van der Waals surface area (Å²) in [6.45, 7) is 7.63. The fourth-order valence-corrected chi connectivity index (χ4v) is 12.3. The summed E-state index contributed by atoms with van der Waals surface area (Å²) in [6, 6.07) is 10.9. The first-order valence-electron chi connectivity index (χ1n) is 43.1. The molecule has 0 fully saturated rings. The molecule has 0 radical (unpaired) electrons. The largest absolute Gasteiger partial charge is 0.494 e. The summed E-state index contributed by atoms with van der Waals surface area (Å²) in [5.74, 6) is -6.26. The SMILES string of the molecule is CC[C@@H](CCCCNC(=O)COCCOCCNC(=O)COCCOCCCC(=O)CC[C@H](NC(=O)CCCCCCCCCOc1ccc(C(=O)O)cc1)C(=O)O)C(=O)CN[C@@H](CCCCNC(=O)COCCOCCCC(=O)COCCOCCNC(=O)CC[C@H](CC(=O)CCCCCCCCCOc1ccc(C(=O)O)cc1)C(=O)O)C(C)=O. The molecule has 4 atom stereocenters. The molecule has 10 N–H and O–H groups in total. The summed E-state index contributed by atoms with van der Waals surface area (Å²) in [7, 11) is 0. The Bertz CT molecular complexity index is 3250. The van der Waals surface area contributed by atoms with Crippen molar-refractivity contribution >= 4 is 82.3 Å². The maximum absolute atomic E-state index is 13.1. The van der Waals surface area contributed by atoms with E-state index in [4.69, 9.17) is 57.6 Å². The lowest BCUT2D eigenvalue weighted by molar-refractivity contribution is -0.144. The normalized spacial score (nSPS) is 12.1. The minimum absolute atomic E-state index is 0.000799. The van der Waals surface area contributed by atoms with Gasteiger partial charge in [0.15, 0.2) is 5.78 Å². The fourth-order valence-electron chi connectivity index (χ4n) is 12.3. The van der Waals surface area contributed by atoms with E-state index in [1.807, 2.05) is 6.92 Å². The molecule has 0 aromatic heterocycles. The first-order chi connectivity index (χ1) is 58.5. The number of unbranched alkanes of at least 4 members (excludes halogenated alkanes) is 14. The zero-order valence-corrected chi connectivity index (χ0v) is 71.4. The van der Waals surface area contributed by atoms with Gasteiger partial charge in [-0.2, -0.15) is 0 Å². The number of benzene rings is 2. The molecule has 121 heavy (non-hydrogen) atoms. The molecule has 0 spiro atoms. The second kappa shape index (κ2) is 72.9. The number of carbonyl (C=O) groups is 14. The summed E-state index contributed by atoms with van der Waals surface area (Å²) >= 11 is 0. The number of carboxylic acids is 4. The van der Waals surface area contributed by atoms with Gasteiger partial charge in [0, 0.05) is 90.3 Å². The molecule has 684 valence electrons. The van der Waals surface area contributed by atoms with Crippen molar-refractivity contribution in [1.82, 2.24) is 31.9 Å². The molecule has 34 heteroatoms. The molecule has 0 aliphatic rings. The molecule has 0 saturated heterocycles. The van der Waals surface area contributed by atoms with Crippen LogP contribution in [0.15, 0.2) is 48.5 Å². The van der Waals surface area contributed by atoms with Crippen molar-refractivity contribution in [2.45, 2.75) is 231 Å². The van der Waals surface area contributed by atoms with E-state index in [0.717, 1.165) is 77.0 Å². The van der Waals surface area contributed by atoms with E-state index in [1.165, 1.54) is 31.2 Å². The summed E-state index contributed by atoms with van der Waals surface area (Å²) in [5, 5.41) is 53.9. The number of hydrogen-bond acceptors (Lipinski definition) is 25. The molecule has 0 heterocycles. The number of aliphatic carboxylic acids is 2. The van der Waals surface area contributed by atoms with Crippen molar-refractivity contribution in [1.29, 1.82) is 0 Å². The van der Waals surface area contributed by atoms with Crippen LogP contribution < -0.4 is 41.4 Å². The van der Waals surface area contributed by atoms with Crippen LogP contribution in [-0.4, -0.2) is 266 Å². The van der Waals surface area contributed by atoms with E-state index in [2.05, 4.69) is 31.9 Å². The van der Waals surface area contributed by atoms with E-state index in [1.54, 1.807) is 24.3 Å². The quantitative estimate of drug-likeness (QED) is 0.0278. The van der Waals surface area contributed by atoms with Crippen LogP contribution in [0.25, 0.3) is 0 Å². The van der Waals surface area contributed by atoms with Crippen molar-refractivity contribution < 1.29 is 135 Å². The lowest BCUT2D eigenvalue weighted by Gasteiger charge is -2.18. The Balaban J connectivity index is 1.34. The summed E-state index contributed by atoms with van der Waals surface area (Å²) in [5.41, 5.74) is 0.413. The maximum Gasteiger partial charge on any atom is 0.335 e. The number of rotatable bonds is 85. The van der Waals surface area contributed by atoms with Crippen LogP contribution in [0.5, 0.6) is 11.5 Å². The van der Waals surface area contributed by atoms with Crippen molar-refractivity contribution in [3.05, 3.63) is 59.7 Å². The van der Waals surface area contributed by atoms with Crippen molar-refractivity contribution in [3.63, 3.8) is 0 Å². The molecule has 0 unspecified atom stereocenters. The Morgan fingerprint density at radius 2 is 0.736 bits per heavy atom. The highest BCUT2D eigenvalue weighted by Crippen LogP contribution is 2.20. The molecule has 0 aliphatic carbocycles. The Hall–Kier alpha value is -8.74. The van der Waals surface area contributed by atoms with Crippen LogP contribution in [0.4, 0.5) is 0 Å². The van der Waals surface area contributed by atoms with Gasteiger partial charge in [-0.3, -0.25) is 52.7 Å². The van der Waals surface area contributed by atoms with Gasteiger partial charge in [0.25, 0.3) is 0 Å². The number of hydrogen-bond donors (Lipinski definition) is 10. The van der Waals surface area contributed by atoms with Gasteiger partial charge >= 0.3 is 23.9 Å². The third-order valence-electron chi connectivity index (χ3n) is 19.4. The van der Waals surface area contributed by atoms with E-state index in [-0.39, 0.29) is 246 Å². The van der Waals surface area contributed by atoms with Gasteiger partial charge in [0.1, 0.15) is 67.1 Å². The Morgan fingerprint density at radius 3 is 1.20 bits per heavy atom. The number of carboxylic acid groups (broad SMARTS) is 4. The summed E-state index contributed by atoms with van der Waals surface area (Å²) in [4.78, 5) is 170. The van der Waals surface area contributed by atoms with Gasteiger partial charge in [-0.05, 0) is 145 Å². The van der Waals surface area contributed by atoms with Gasteiger partial charge in [-0.25, -0.2) is 14.4 Å². The van der Waals surface area contributed by atoms with Gasteiger partial charge in [-0.1, -0.05) is 77.6 Å². The summed E-state index contributed by atoms with van der Waals surface area (Å²) in [6.07, 6.45) is 18.7. The van der Waals surface area contributed by atoms with Gasteiger partial charge in [-0.15, -0.1) is 0 Å². The molecule has 2 aromatic rings. The standard InChI is InChI=1S/C87H138N6O28/c1-3-67(24-16-18-42-88-81(101)64-119-59-55-115-51-45-91-83(103)65-118-58-52-112-46-22-26-71(95)35-40-77(87(110)111)93-80(100)29-15-11-7-5-9-13-21-49-121-75-38-32-69(33-39-75)85(106)107)78(98)61-92-76(66(2)94)28-17-19-43-89-82(102)63-117-57-53-113-47-23-27-73(97)62-116-56-54-114-50-44-90-79(99)41-34-70(86(108)109)60-72(96)25-14-10-6-4-8-12-20-48-120-74-36-30-68(31-37-74)84(104)105/h30-33,36-39,67,70,76-77,92H,3-29,34-35,40-65H2,1-2H3,(H,88,101)(H,89,102)(H,90,99)(H,91,103)(H,93,100)(H,104,105)(H,106,107)(H,108,109)(H,110,111)/t67-,70+,76-,77-/m0/s1. The van der Waals surface area contributed by atoms with Crippen molar-refractivity contribution in [2.75, 3.05) is 152 Å². The minimum Gasteiger partial charge on any atom is -0.494 e. The smallest absolute Gasteiger partial charge is 0.335 e. The predicted molar refractivity (Wildman–Crippen MR) is 446 cm³/mol. The number of Topliss-reactive ketones (excluding diaryl/α,β-unsaturated/α-hetero) is 5. The summed E-state index contributed by atoms with van der Waals surface area (Å²) < 4.78 is 54.8. The lowest BCUT2D eigenvalue weighted by atomic mass is 9.94. The molecule has 0 bridgehead atoms. The lowest BCUT2D eigenvalue weighted by Crippen LogP contribution is -2.41. The second-order valence-corrected chi connectivity index (χ2v) is 29.6. The molecule has 0 saturated carbocycles. The molecule has 34 nitrogen and oxygen atoms in total. The number of carbonyl (C=O) groups excluding carboxylic acids is 10. The minimum atomic E-state index is -1.20. The van der Waals surface area contributed by atoms with E-state index >= 15 is 0 Å². The van der Waals surface area contributed by atoms with E-state index in [0.29, 0.717) is 121 Å². The molecule has 2 rings (SSSR count). The number of nitrogens with one attached hydrogen (secondary N) is 6.